The normalized spacial score (nSPS) is 11.3. The molecule has 0 aliphatic carbocycles. The minimum Gasteiger partial charge on any atom is -0.444 e. The fourth-order valence-corrected chi connectivity index (χ4v) is 1.99. The molecule has 0 spiro atoms. The second kappa shape index (κ2) is 6.17. The number of aromatic nitrogens is 3. The third kappa shape index (κ3) is 4.07. The van der Waals surface area contributed by atoms with Gasteiger partial charge < -0.3 is 9.72 Å². The van der Waals surface area contributed by atoms with Gasteiger partial charge in [-0.3, -0.25) is 5.32 Å². The molecule has 0 aliphatic heterocycles. The third-order valence-corrected chi connectivity index (χ3v) is 2.99. The molecule has 0 saturated heterocycles. The average Bonchev–Trinajstić information content (AvgIpc) is 2.78. The summed E-state index contributed by atoms with van der Waals surface area (Å²) in [6.07, 6.45) is 2.04. The molecule has 2 rings (SSSR count). The highest BCUT2D eigenvalue weighted by molar-refractivity contribution is 5.83. The highest BCUT2D eigenvalue weighted by Gasteiger charge is 2.16. The van der Waals surface area contributed by atoms with Gasteiger partial charge in [0.2, 0.25) is 0 Å². The first-order valence-corrected chi connectivity index (χ1v) is 7.30. The molecule has 6 heteroatoms. The molecule has 0 fully saturated rings. The van der Waals surface area contributed by atoms with E-state index < -0.39 is 11.7 Å². The molecule has 0 radical (unpaired) electrons. The second-order valence-corrected chi connectivity index (χ2v) is 6.07. The molecular formula is C16H22N4O2. The Morgan fingerprint density at radius 1 is 1.36 bits per heavy atom. The number of carbonyl (C=O) groups is 1. The standard InChI is InChI=1S/C16H22N4O2/c1-6-12-10(2)18-14(19-12)11-7-8-13(17-9-11)20-15(21)22-16(3,4)5/h7-9H,6H2,1-5H3,(H,18,19)(H,17,20,21). The van der Waals surface area contributed by atoms with Gasteiger partial charge in [0.1, 0.15) is 17.2 Å². The van der Waals surface area contributed by atoms with Crippen molar-refractivity contribution in [1.82, 2.24) is 15.0 Å². The van der Waals surface area contributed by atoms with Crippen molar-refractivity contribution >= 4 is 11.9 Å². The van der Waals surface area contributed by atoms with Gasteiger partial charge in [0.25, 0.3) is 0 Å². The molecule has 0 unspecified atom stereocenters. The van der Waals surface area contributed by atoms with E-state index >= 15 is 0 Å². The molecule has 2 N–H and O–H groups in total. The van der Waals surface area contributed by atoms with E-state index in [9.17, 15) is 4.79 Å². The van der Waals surface area contributed by atoms with Crippen LogP contribution in [0.25, 0.3) is 11.4 Å². The maximum absolute atomic E-state index is 11.7. The molecule has 118 valence electrons. The first-order chi connectivity index (χ1) is 10.3. The van der Waals surface area contributed by atoms with E-state index in [4.69, 9.17) is 4.74 Å². The number of imidazole rings is 1. The lowest BCUT2D eigenvalue weighted by Gasteiger charge is -2.19. The number of pyridine rings is 1. The van der Waals surface area contributed by atoms with Crippen LogP contribution in [0.3, 0.4) is 0 Å². The van der Waals surface area contributed by atoms with Crippen molar-refractivity contribution in [3.05, 3.63) is 29.7 Å². The number of hydrogen-bond donors (Lipinski definition) is 2. The summed E-state index contributed by atoms with van der Waals surface area (Å²) >= 11 is 0. The summed E-state index contributed by atoms with van der Waals surface area (Å²) < 4.78 is 5.18. The molecule has 0 aliphatic rings. The fraction of sp³-hybridized carbons (Fsp3) is 0.438. The Morgan fingerprint density at radius 2 is 2.09 bits per heavy atom. The minimum atomic E-state index is -0.535. The van der Waals surface area contributed by atoms with Gasteiger partial charge >= 0.3 is 6.09 Å². The molecule has 22 heavy (non-hydrogen) atoms. The van der Waals surface area contributed by atoms with Gasteiger partial charge in [0.15, 0.2) is 0 Å². The summed E-state index contributed by atoms with van der Waals surface area (Å²) in [5.74, 6) is 1.22. The maximum Gasteiger partial charge on any atom is 0.413 e. The number of aryl methyl sites for hydroxylation is 2. The number of aromatic amines is 1. The average molecular weight is 302 g/mol. The maximum atomic E-state index is 11.7. The van der Waals surface area contributed by atoms with Crippen LogP contribution < -0.4 is 5.32 Å². The number of carbonyl (C=O) groups excluding carboxylic acids is 1. The molecule has 6 nitrogen and oxygen atoms in total. The van der Waals surface area contributed by atoms with Crippen molar-refractivity contribution in [2.75, 3.05) is 5.32 Å². The SMILES string of the molecule is CCc1nc(-c2ccc(NC(=O)OC(C)(C)C)nc2)[nH]c1C. The van der Waals surface area contributed by atoms with Crippen LogP contribution in [0.1, 0.15) is 39.1 Å². The predicted octanol–water partition coefficient (Wildman–Crippen LogP) is 3.69. The van der Waals surface area contributed by atoms with Gasteiger partial charge in [-0.15, -0.1) is 0 Å². The second-order valence-electron chi connectivity index (χ2n) is 6.07. The van der Waals surface area contributed by atoms with Gasteiger partial charge in [-0.2, -0.15) is 0 Å². The summed E-state index contributed by atoms with van der Waals surface area (Å²) in [5.41, 5.74) is 2.45. The highest BCUT2D eigenvalue weighted by Crippen LogP contribution is 2.19. The van der Waals surface area contributed by atoms with Crippen LogP contribution >= 0.6 is 0 Å². The topological polar surface area (TPSA) is 79.9 Å². The number of nitrogens with one attached hydrogen (secondary N) is 2. The van der Waals surface area contributed by atoms with Gasteiger partial charge in [-0.1, -0.05) is 6.92 Å². The van der Waals surface area contributed by atoms with Crippen molar-refractivity contribution < 1.29 is 9.53 Å². The smallest absolute Gasteiger partial charge is 0.413 e. The number of ether oxygens (including phenoxy) is 1. The minimum absolute atomic E-state index is 0.442. The highest BCUT2D eigenvalue weighted by atomic mass is 16.6. The Labute approximate surface area is 130 Å². The van der Waals surface area contributed by atoms with Gasteiger partial charge in [0.05, 0.1) is 5.69 Å². The van der Waals surface area contributed by atoms with Crippen LogP contribution in [-0.4, -0.2) is 26.6 Å². The van der Waals surface area contributed by atoms with E-state index in [-0.39, 0.29) is 0 Å². The van der Waals surface area contributed by atoms with Crippen LogP contribution in [0.2, 0.25) is 0 Å². The molecular weight excluding hydrogens is 280 g/mol. The Balaban J connectivity index is 2.08. The molecule has 0 atom stereocenters. The van der Waals surface area contributed by atoms with E-state index in [0.29, 0.717) is 5.82 Å². The van der Waals surface area contributed by atoms with E-state index in [0.717, 1.165) is 29.2 Å². The van der Waals surface area contributed by atoms with Gasteiger partial charge in [-0.25, -0.2) is 14.8 Å². The quantitative estimate of drug-likeness (QED) is 0.906. The molecule has 2 aromatic rings. The van der Waals surface area contributed by atoms with Crippen LogP contribution in [0.15, 0.2) is 18.3 Å². The summed E-state index contributed by atoms with van der Waals surface area (Å²) in [7, 11) is 0. The molecule has 0 aromatic carbocycles. The number of anilines is 1. The van der Waals surface area contributed by atoms with Crippen LogP contribution in [0.5, 0.6) is 0 Å². The summed E-state index contributed by atoms with van der Waals surface area (Å²) in [6, 6.07) is 3.58. The molecule has 2 aromatic heterocycles. The van der Waals surface area contributed by atoms with Crippen molar-refractivity contribution in [3.63, 3.8) is 0 Å². The Bertz CT molecular complexity index is 654. The number of H-pyrrole nitrogens is 1. The van der Waals surface area contributed by atoms with E-state index in [2.05, 4.69) is 27.2 Å². The van der Waals surface area contributed by atoms with Crippen molar-refractivity contribution in [2.24, 2.45) is 0 Å². The largest absolute Gasteiger partial charge is 0.444 e. The lowest BCUT2D eigenvalue weighted by molar-refractivity contribution is 0.0635. The van der Waals surface area contributed by atoms with E-state index in [1.807, 2.05) is 33.8 Å². The first-order valence-electron chi connectivity index (χ1n) is 7.30. The predicted molar refractivity (Wildman–Crippen MR) is 85.8 cm³/mol. The molecule has 1 amide bonds. The first kappa shape index (κ1) is 16.0. The lowest BCUT2D eigenvalue weighted by atomic mass is 10.2. The monoisotopic (exact) mass is 302 g/mol. The zero-order valence-electron chi connectivity index (χ0n) is 13.7. The molecule has 0 saturated carbocycles. The molecule has 0 bridgehead atoms. The molecule has 2 heterocycles. The van der Waals surface area contributed by atoms with Crippen LogP contribution in [0, 0.1) is 6.92 Å². The Hall–Kier alpha value is -2.37. The summed E-state index contributed by atoms with van der Waals surface area (Å²) in [4.78, 5) is 23.7. The van der Waals surface area contributed by atoms with Crippen LogP contribution in [-0.2, 0) is 11.2 Å². The summed E-state index contributed by atoms with van der Waals surface area (Å²) in [5, 5.41) is 2.60. The van der Waals surface area contributed by atoms with Crippen LogP contribution in [0.4, 0.5) is 10.6 Å². The number of rotatable bonds is 3. The Kier molecular flexibility index (Phi) is 4.49. The third-order valence-electron chi connectivity index (χ3n) is 2.99. The van der Waals surface area contributed by atoms with Crippen molar-refractivity contribution in [2.45, 2.75) is 46.6 Å². The van der Waals surface area contributed by atoms with E-state index in [1.54, 1.807) is 12.3 Å². The summed E-state index contributed by atoms with van der Waals surface area (Å²) in [6.45, 7) is 9.51. The fourth-order valence-electron chi connectivity index (χ4n) is 1.99. The van der Waals surface area contributed by atoms with Crippen molar-refractivity contribution in [1.29, 1.82) is 0 Å². The zero-order chi connectivity index (χ0) is 16.3. The van der Waals surface area contributed by atoms with Crippen molar-refractivity contribution in [3.8, 4) is 11.4 Å². The number of nitrogens with zero attached hydrogens (tertiary/aromatic N) is 2. The number of amides is 1. The van der Waals surface area contributed by atoms with E-state index in [1.165, 1.54) is 0 Å². The van der Waals surface area contributed by atoms with Gasteiger partial charge in [-0.05, 0) is 46.2 Å². The van der Waals surface area contributed by atoms with Gasteiger partial charge in [0, 0.05) is 17.5 Å². The Morgan fingerprint density at radius 3 is 2.59 bits per heavy atom. The lowest BCUT2D eigenvalue weighted by Crippen LogP contribution is -2.27. The number of hydrogen-bond acceptors (Lipinski definition) is 4. The zero-order valence-corrected chi connectivity index (χ0v) is 13.7.